The van der Waals surface area contributed by atoms with Crippen molar-refractivity contribution in [1.29, 1.82) is 0 Å². The first-order chi connectivity index (χ1) is 12.6. The Hall–Kier alpha value is -2.67. The number of halogens is 1. The van der Waals surface area contributed by atoms with Crippen molar-refractivity contribution in [1.82, 2.24) is 14.8 Å². The quantitative estimate of drug-likeness (QED) is 0.487. The van der Waals surface area contributed by atoms with Gasteiger partial charge in [0, 0.05) is 5.56 Å². The monoisotopic (exact) mass is 371 g/mol. The van der Waals surface area contributed by atoms with Crippen molar-refractivity contribution in [2.75, 3.05) is 7.11 Å². The number of ether oxygens (including phenoxy) is 1. The maximum atomic E-state index is 13.3. The van der Waals surface area contributed by atoms with Gasteiger partial charge in [0.2, 0.25) is 0 Å². The molecule has 0 bridgehead atoms. The van der Waals surface area contributed by atoms with Gasteiger partial charge in [-0.2, -0.15) is 0 Å². The molecule has 3 aromatic rings. The fourth-order valence-electron chi connectivity index (χ4n) is 2.47. The second-order valence-corrected chi connectivity index (χ2v) is 6.98. The van der Waals surface area contributed by atoms with E-state index in [1.54, 1.807) is 19.1 Å². The summed E-state index contributed by atoms with van der Waals surface area (Å²) in [5.74, 6) is -0.0159. The van der Waals surface area contributed by atoms with Crippen molar-refractivity contribution < 1.29 is 13.9 Å². The van der Waals surface area contributed by atoms with Crippen molar-refractivity contribution in [2.45, 2.75) is 23.9 Å². The van der Waals surface area contributed by atoms with Gasteiger partial charge in [0.05, 0.1) is 13.7 Å². The van der Waals surface area contributed by atoms with Gasteiger partial charge in [-0.3, -0.25) is 9.36 Å². The van der Waals surface area contributed by atoms with E-state index < -0.39 is 5.25 Å². The average molecular weight is 371 g/mol. The molecule has 0 aliphatic rings. The van der Waals surface area contributed by atoms with E-state index in [-0.39, 0.29) is 11.8 Å². The Morgan fingerprint density at radius 1 is 1.15 bits per heavy atom. The van der Waals surface area contributed by atoms with Crippen LogP contribution in [0.25, 0.3) is 11.4 Å². The van der Waals surface area contributed by atoms with Crippen LogP contribution >= 0.6 is 11.8 Å². The number of benzene rings is 2. The number of carbonyl (C=O) groups excluding carboxylic acids is 1. The summed E-state index contributed by atoms with van der Waals surface area (Å²) < 4.78 is 20.0. The standard InChI is InChI=1S/C19H18FN3O2S/c1-13(18(24)25-2)26-19-22-21-17(15-8-10-16(20)11-9-15)23(19)12-14-6-4-3-5-7-14/h3-11,13H,12H2,1-2H3. The number of carbonyl (C=O) groups is 1. The van der Waals surface area contributed by atoms with Crippen LogP contribution in [0.4, 0.5) is 4.39 Å². The summed E-state index contributed by atoms with van der Waals surface area (Å²) in [5.41, 5.74) is 1.83. The molecule has 0 saturated heterocycles. The minimum Gasteiger partial charge on any atom is -0.468 e. The number of methoxy groups -OCH3 is 1. The lowest BCUT2D eigenvalue weighted by Gasteiger charge is -2.12. The molecule has 0 spiro atoms. The van der Waals surface area contributed by atoms with Crippen LogP contribution in [0.5, 0.6) is 0 Å². The highest BCUT2D eigenvalue weighted by Crippen LogP contribution is 2.28. The zero-order valence-corrected chi connectivity index (χ0v) is 15.2. The molecule has 0 aliphatic heterocycles. The third-order valence-electron chi connectivity index (χ3n) is 3.82. The van der Waals surface area contributed by atoms with E-state index in [1.807, 2.05) is 34.9 Å². The van der Waals surface area contributed by atoms with Gasteiger partial charge < -0.3 is 4.74 Å². The fraction of sp³-hybridized carbons (Fsp3) is 0.211. The Kier molecular flexibility index (Phi) is 5.68. The third kappa shape index (κ3) is 4.11. The van der Waals surface area contributed by atoms with E-state index in [0.29, 0.717) is 17.5 Å². The summed E-state index contributed by atoms with van der Waals surface area (Å²) in [6, 6.07) is 16.0. The van der Waals surface area contributed by atoms with Gasteiger partial charge in [0.15, 0.2) is 11.0 Å². The van der Waals surface area contributed by atoms with Crippen molar-refractivity contribution in [3.63, 3.8) is 0 Å². The number of nitrogens with zero attached hydrogens (tertiary/aromatic N) is 3. The van der Waals surface area contributed by atoms with Crippen LogP contribution in [-0.2, 0) is 16.1 Å². The lowest BCUT2D eigenvalue weighted by atomic mass is 10.2. The summed E-state index contributed by atoms with van der Waals surface area (Å²) in [7, 11) is 1.36. The molecule has 0 saturated carbocycles. The fourth-order valence-corrected chi connectivity index (χ4v) is 3.34. The highest BCUT2D eigenvalue weighted by molar-refractivity contribution is 8.00. The van der Waals surface area contributed by atoms with E-state index in [2.05, 4.69) is 10.2 Å². The Morgan fingerprint density at radius 3 is 2.50 bits per heavy atom. The minimum absolute atomic E-state index is 0.309. The molecule has 134 valence electrons. The first-order valence-corrected chi connectivity index (χ1v) is 8.94. The molecule has 0 fully saturated rings. The number of thioether (sulfide) groups is 1. The number of esters is 1. The van der Waals surface area contributed by atoms with Crippen LogP contribution in [0.1, 0.15) is 12.5 Å². The predicted octanol–water partition coefficient (Wildman–Crippen LogP) is 3.79. The number of aromatic nitrogens is 3. The van der Waals surface area contributed by atoms with Gasteiger partial charge in [-0.25, -0.2) is 4.39 Å². The first kappa shape index (κ1) is 18.1. The van der Waals surface area contributed by atoms with Crippen LogP contribution in [0.2, 0.25) is 0 Å². The number of rotatable bonds is 6. The SMILES string of the molecule is COC(=O)C(C)Sc1nnc(-c2ccc(F)cc2)n1Cc1ccccc1. The van der Waals surface area contributed by atoms with Crippen LogP contribution in [0, 0.1) is 5.82 Å². The van der Waals surface area contributed by atoms with Crippen molar-refractivity contribution in [2.24, 2.45) is 0 Å². The summed E-state index contributed by atoms with van der Waals surface area (Å²) in [5, 5.41) is 8.70. The number of hydrogen-bond donors (Lipinski definition) is 0. The maximum Gasteiger partial charge on any atom is 0.318 e. The Labute approximate surface area is 155 Å². The highest BCUT2D eigenvalue weighted by Gasteiger charge is 2.21. The zero-order chi connectivity index (χ0) is 18.5. The molecule has 5 nitrogen and oxygen atoms in total. The van der Waals surface area contributed by atoms with Crippen molar-refractivity contribution >= 4 is 17.7 Å². The Balaban J connectivity index is 1.98. The molecular weight excluding hydrogens is 353 g/mol. The molecule has 0 aliphatic carbocycles. The first-order valence-electron chi connectivity index (χ1n) is 8.06. The maximum absolute atomic E-state index is 13.3. The average Bonchev–Trinajstić information content (AvgIpc) is 3.04. The van der Waals surface area contributed by atoms with Crippen LogP contribution in [-0.4, -0.2) is 33.1 Å². The van der Waals surface area contributed by atoms with Gasteiger partial charge in [-0.1, -0.05) is 42.1 Å². The lowest BCUT2D eigenvalue weighted by molar-refractivity contribution is -0.139. The van der Waals surface area contributed by atoms with Crippen LogP contribution in [0.15, 0.2) is 59.8 Å². The molecule has 1 unspecified atom stereocenters. The molecule has 1 heterocycles. The molecule has 1 atom stereocenters. The molecule has 1 aromatic heterocycles. The van der Waals surface area contributed by atoms with Gasteiger partial charge in [0.25, 0.3) is 0 Å². The normalized spacial score (nSPS) is 12.0. The molecule has 0 amide bonds. The molecule has 0 N–H and O–H groups in total. The Bertz CT molecular complexity index is 882. The van der Waals surface area contributed by atoms with Crippen LogP contribution < -0.4 is 0 Å². The number of hydrogen-bond acceptors (Lipinski definition) is 5. The van der Waals surface area contributed by atoms with E-state index in [4.69, 9.17) is 4.74 Å². The summed E-state index contributed by atoms with van der Waals surface area (Å²) in [6.45, 7) is 2.30. The molecular formula is C19H18FN3O2S. The third-order valence-corrected chi connectivity index (χ3v) is 4.88. The largest absolute Gasteiger partial charge is 0.468 e. The summed E-state index contributed by atoms with van der Waals surface area (Å²) >= 11 is 1.28. The molecule has 0 radical (unpaired) electrons. The lowest BCUT2D eigenvalue weighted by Crippen LogP contribution is -2.16. The van der Waals surface area contributed by atoms with E-state index in [1.165, 1.54) is 31.0 Å². The van der Waals surface area contributed by atoms with E-state index >= 15 is 0 Å². The predicted molar refractivity (Wildman–Crippen MR) is 98.3 cm³/mol. The van der Waals surface area contributed by atoms with Gasteiger partial charge >= 0.3 is 5.97 Å². The summed E-state index contributed by atoms with van der Waals surface area (Å²) in [4.78, 5) is 11.8. The van der Waals surface area contributed by atoms with Gasteiger partial charge in [-0.05, 0) is 36.8 Å². The Morgan fingerprint density at radius 2 is 1.85 bits per heavy atom. The second-order valence-electron chi connectivity index (χ2n) is 5.67. The van der Waals surface area contributed by atoms with E-state index in [9.17, 15) is 9.18 Å². The van der Waals surface area contributed by atoms with Crippen LogP contribution in [0.3, 0.4) is 0 Å². The highest BCUT2D eigenvalue weighted by atomic mass is 32.2. The van der Waals surface area contributed by atoms with Crippen molar-refractivity contribution in [3.8, 4) is 11.4 Å². The van der Waals surface area contributed by atoms with E-state index in [0.717, 1.165) is 11.1 Å². The molecule has 2 aromatic carbocycles. The topological polar surface area (TPSA) is 57.0 Å². The zero-order valence-electron chi connectivity index (χ0n) is 14.4. The molecule has 26 heavy (non-hydrogen) atoms. The minimum atomic E-state index is -0.417. The summed E-state index contributed by atoms with van der Waals surface area (Å²) in [6.07, 6.45) is 0. The molecule has 3 rings (SSSR count). The van der Waals surface area contributed by atoms with Gasteiger partial charge in [0.1, 0.15) is 11.1 Å². The second kappa shape index (κ2) is 8.14. The molecule has 7 heteroatoms. The van der Waals surface area contributed by atoms with Crippen molar-refractivity contribution in [3.05, 3.63) is 66.0 Å². The van der Waals surface area contributed by atoms with Gasteiger partial charge in [-0.15, -0.1) is 10.2 Å². The smallest absolute Gasteiger partial charge is 0.318 e.